The summed E-state index contributed by atoms with van der Waals surface area (Å²) in [5, 5.41) is 3.66. The van der Waals surface area contributed by atoms with Gasteiger partial charge in [0.1, 0.15) is 0 Å². The second-order valence-corrected chi connectivity index (χ2v) is 5.66. The summed E-state index contributed by atoms with van der Waals surface area (Å²) in [4.78, 5) is 5.68. The standard InChI is InChI=1S/C12H20N2S/c1-8(6-11-4-5-11)14-10(3)12-9(2)13-7-15-12/h7-8,10-11,14H,4-6H2,1-3H3. The molecule has 1 saturated carbocycles. The van der Waals surface area contributed by atoms with Crippen LogP contribution in [-0.2, 0) is 0 Å². The molecule has 0 aliphatic heterocycles. The van der Waals surface area contributed by atoms with Gasteiger partial charge in [-0.25, -0.2) is 4.98 Å². The Labute approximate surface area is 96.1 Å². The molecule has 84 valence electrons. The van der Waals surface area contributed by atoms with Crippen molar-refractivity contribution in [2.45, 2.75) is 52.1 Å². The van der Waals surface area contributed by atoms with Gasteiger partial charge >= 0.3 is 0 Å². The van der Waals surface area contributed by atoms with Crippen molar-refractivity contribution >= 4 is 11.3 Å². The molecule has 1 N–H and O–H groups in total. The number of aromatic nitrogens is 1. The van der Waals surface area contributed by atoms with Crippen molar-refractivity contribution in [1.29, 1.82) is 0 Å². The monoisotopic (exact) mass is 224 g/mol. The third kappa shape index (κ3) is 3.02. The first-order valence-electron chi connectivity index (χ1n) is 5.83. The summed E-state index contributed by atoms with van der Waals surface area (Å²) in [5.74, 6) is 1.00. The third-order valence-corrected chi connectivity index (χ3v) is 4.21. The van der Waals surface area contributed by atoms with Gasteiger partial charge in [-0.2, -0.15) is 0 Å². The van der Waals surface area contributed by atoms with Crippen LogP contribution in [0.3, 0.4) is 0 Å². The van der Waals surface area contributed by atoms with Crippen LogP contribution < -0.4 is 5.32 Å². The highest BCUT2D eigenvalue weighted by atomic mass is 32.1. The first-order chi connectivity index (χ1) is 7.16. The van der Waals surface area contributed by atoms with Crippen LogP contribution in [0.1, 0.15) is 49.7 Å². The Morgan fingerprint density at radius 3 is 2.80 bits per heavy atom. The van der Waals surface area contributed by atoms with E-state index in [2.05, 4.69) is 31.1 Å². The summed E-state index contributed by atoms with van der Waals surface area (Å²) < 4.78 is 0. The Balaban J connectivity index is 1.85. The van der Waals surface area contributed by atoms with Gasteiger partial charge in [-0.05, 0) is 33.1 Å². The predicted molar refractivity (Wildman–Crippen MR) is 65.2 cm³/mol. The molecule has 3 heteroatoms. The molecule has 0 spiro atoms. The lowest BCUT2D eigenvalue weighted by molar-refractivity contribution is 0.441. The maximum atomic E-state index is 4.30. The molecule has 0 bridgehead atoms. The van der Waals surface area contributed by atoms with E-state index in [0.717, 1.165) is 5.92 Å². The SMILES string of the molecule is Cc1ncsc1C(C)NC(C)CC1CC1. The Morgan fingerprint density at radius 2 is 2.27 bits per heavy atom. The van der Waals surface area contributed by atoms with Crippen LogP contribution in [-0.4, -0.2) is 11.0 Å². The maximum absolute atomic E-state index is 4.30. The summed E-state index contributed by atoms with van der Waals surface area (Å²) in [5.41, 5.74) is 3.12. The van der Waals surface area contributed by atoms with E-state index in [-0.39, 0.29) is 0 Å². The summed E-state index contributed by atoms with van der Waals surface area (Å²) in [6, 6.07) is 1.08. The lowest BCUT2D eigenvalue weighted by Gasteiger charge is -2.19. The number of hydrogen-bond donors (Lipinski definition) is 1. The van der Waals surface area contributed by atoms with Crippen molar-refractivity contribution in [2.24, 2.45) is 5.92 Å². The summed E-state index contributed by atoms with van der Waals surface area (Å²) >= 11 is 1.76. The number of hydrogen-bond acceptors (Lipinski definition) is 3. The molecule has 1 aliphatic rings. The van der Waals surface area contributed by atoms with E-state index in [1.165, 1.54) is 29.8 Å². The fourth-order valence-corrected chi connectivity index (χ4v) is 2.97. The molecule has 0 radical (unpaired) electrons. The Bertz CT molecular complexity index is 317. The van der Waals surface area contributed by atoms with Crippen LogP contribution in [0.2, 0.25) is 0 Å². The Kier molecular flexibility index (Phi) is 3.42. The Morgan fingerprint density at radius 1 is 1.53 bits per heavy atom. The van der Waals surface area contributed by atoms with Gasteiger partial charge in [0.05, 0.1) is 11.2 Å². The average molecular weight is 224 g/mol. The quantitative estimate of drug-likeness (QED) is 0.830. The molecular formula is C12H20N2S. The molecule has 1 aromatic heterocycles. The highest BCUT2D eigenvalue weighted by molar-refractivity contribution is 7.09. The molecule has 1 aliphatic carbocycles. The first kappa shape index (κ1) is 11.1. The second-order valence-electron chi connectivity index (χ2n) is 4.77. The van der Waals surface area contributed by atoms with Crippen LogP contribution in [0.5, 0.6) is 0 Å². The molecule has 0 aromatic carbocycles. The molecule has 0 amide bonds. The van der Waals surface area contributed by atoms with Gasteiger partial charge in [0.25, 0.3) is 0 Å². The molecule has 1 fully saturated rings. The van der Waals surface area contributed by atoms with E-state index in [9.17, 15) is 0 Å². The number of nitrogens with one attached hydrogen (secondary N) is 1. The number of aryl methyl sites for hydroxylation is 1. The average Bonchev–Trinajstić information content (AvgIpc) is 2.85. The van der Waals surface area contributed by atoms with Gasteiger partial charge in [0.2, 0.25) is 0 Å². The molecule has 15 heavy (non-hydrogen) atoms. The lowest BCUT2D eigenvalue weighted by Crippen LogP contribution is -2.29. The third-order valence-electron chi connectivity index (χ3n) is 3.09. The molecule has 1 heterocycles. The minimum absolute atomic E-state index is 0.450. The van der Waals surface area contributed by atoms with Crippen molar-refractivity contribution in [3.05, 3.63) is 16.1 Å². The molecular weight excluding hydrogens is 204 g/mol. The number of thiazole rings is 1. The van der Waals surface area contributed by atoms with Crippen LogP contribution in [0.25, 0.3) is 0 Å². The molecule has 1 aromatic rings. The molecule has 2 rings (SSSR count). The predicted octanol–water partition coefficient (Wildman–Crippen LogP) is 3.29. The van der Waals surface area contributed by atoms with E-state index in [1.807, 2.05) is 5.51 Å². The zero-order chi connectivity index (χ0) is 10.8. The van der Waals surface area contributed by atoms with Gasteiger partial charge in [0.15, 0.2) is 0 Å². The summed E-state index contributed by atoms with van der Waals surface area (Å²) in [6.07, 6.45) is 4.22. The molecule has 2 atom stereocenters. The van der Waals surface area contributed by atoms with Gasteiger partial charge in [-0.15, -0.1) is 11.3 Å². The molecule has 0 saturated heterocycles. The molecule has 2 nitrogen and oxygen atoms in total. The zero-order valence-electron chi connectivity index (χ0n) is 9.79. The fourth-order valence-electron chi connectivity index (χ4n) is 2.15. The van der Waals surface area contributed by atoms with E-state index in [0.29, 0.717) is 12.1 Å². The van der Waals surface area contributed by atoms with Crippen LogP contribution in [0.15, 0.2) is 5.51 Å². The lowest BCUT2D eigenvalue weighted by atomic mass is 10.1. The van der Waals surface area contributed by atoms with E-state index in [1.54, 1.807) is 11.3 Å². The van der Waals surface area contributed by atoms with Gasteiger partial charge in [-0.1, -0.05) is 12.8 Å². The van der Waals surface area contributed by atoms with Crippen molar-refractivity contribution in [3.8, 4) is 0 Å². The second kappa shape index (κ2) is 4.62. The van der Waals surface area contributed by atoms with Gasteiger partial charge in [-0.3, -0.25) is 0 Å². The van der Waals surface area contributed by atoms with Crippen molar-refractivity contribution in [3.63, 3.8) is 0 Å². The first-order valence-corrected chi connectivity index (χ1v) is 6.71. The highest BCUT2D eigenvalue weighted by Gasteiger charge is 2.24. The minimum atomic E-state index is 0.450. The highest BCUT2D eigenvalue weighted by Crippen LogP contribution is 2.34. The van der Waals surface area contributed by atoms with Crippen LogP contribution >= 0.6 is 11.3 Å². The number of rotatable bonds is 5. The van der Waals surface area contributed by atoms with Crippen LogP contribution in [0, 0.1) is 12.8 Å². The zero-order valence-corrected chi connectivity index (χ0v) is 10.6. The van der Waals surface area contributed by atoms with E-state index >= 15 is 0 Å². The van der Waals surface area contributed by atoms with Gasteiger partial charge < -0.3 is 5.32 Å². The largest absolute Gasteiger partial charge is 0.307 e. The Hall–Kier alpha value is -0.410. The van der Waals surface area contributed by atoms with Crippen molar-refractivity contribution in [2.75, 3.05) is 0 Å². The molecule has 2 unspecified atom stereocenters. The summed E-state index contributed by atoms with van der Waals surface area (Å²) in [6.45, 7) is 6.63. The van der Waals surface area contributed by atoms with Crippen molar-refractivity contribution in [1.82, 2.24) is 10.3 Å². The van der Waals surface area contributed by atoms with Crippen LogP contribution in [0.4, 0.5) is 0 Å². The normalized spacial score (nSPS) is 20.2. The maximum Gasteiger partial charge on any atom is 0.0798 e. The topological polar surface area (TPSA) is 24.9 Å². The summed E-state index contributed by atoms with van der Waals surface area (Å²) in [7, 11) is 0. The van der Waals surface area contributed by atoms with E-state index < -0.39 is 0 Å². The minimum Gasteiger partial charge on any atom is -0.307 e. The smallest absolute Gasteiger partial charge is 0.0798 e. The van der Waals surface area contributed by atoms with Crippen molar-refractivity contribution < 1.29 is 0 Å². The fraction of sp³-hybridized carbons (Fsp3) is 0.750. The van der Waals surface area contributed by atoms with Gasteiger partial charge in [0, 0.05) is 17.0 Å². The number of nitrogens with zero attached hydrogens (tertiary/aromatic N) is 1. The van der Waals surface area contributed by atoms with E-state index in [4.69, 9.17) is 0 Å².